The minimum absolute atomic E-state index is 0.0512. The summed E-state index contributed by atoms with van der Waals surface area (Å²) in [5.74, 6) is -0.274. The van der Waals surface area contributed by atoms with Gasteiger partial charge in [-0.05, 0) is 54.5 Å². The Hall–Kier alpha value is -4.82. The fraction of sp³-hybridized carbons (Fsp3) is 0.250. The highest BCUT2D eigenvalue weighted by molar-refractivity contribution is 6.09. The standard InChI is InChI=1S/C28H25FN8O2/c1-36-13-18(11-19(36)12-30)32-28-34-25(33-27(31)35-28)20-3-2-4-23(21(20)14-38)37-8-7-16-9-17(15-5-6-15)10-22(29)24(16)26(37)39/h2-4,9-11,13,15,38H,5-8,14H2,1H3,(H3,31,32,33,34,35). The van der Waals surface area contributed by atoms with Crippen LogP contribution in [0.1, 0.15) is 51.5 Å². The van der Waals surface area contributed by atoms with Gasteiger partial charge in [-0.3, -0.25) is 4.79 Å². The molecular weight excluding hydrogens is 499 g/mol. The molecule has 2 aromatic heterocycles. The van der Waals surface area contributed by atoms with Gasteiger partial charge in [0.15, 0.2) is 5.82 Å². The molecule has 11 heteroatoms. The Bertz CT molecular complexity index is 1670. The van der Waals surface area contributed by atoms with Crippen molar-refractivity contribution in [3.8, 4) is 17.5 Å². The van der Waals surface area contributed by atoms with E-state index in [0.29, 0.717) is 47.1 Å². The molecule has 2 aliphatic rings. The van der Waals surface area contributed by atoms with Crippen molar-refractivity contribution in [2.45, 2.75) is 31.8 Å². The van der Waals surface area contributed by atoms with E-state index in [1.165, 1.54) is 11.0 Å². The molecule has 39 heavy (non-hydrogen) atoms. The van der Waals surface area contributed by atoms with Crippen molar-refractivity contribution in [1.29, 1.82) is 5.26 Å². The Morgan fingerprint density at radius 2 is 2.05 bits per heavy atom. The zero-order valence-corrected chi connectivity index (χ0v) is 21.1. The SMILES string of the molecule is Cn1cc(Nc2nc(N)nc(-c3cccc(N4CCc5cc(C6CC6)cc(F)c5C4=O)c3CO)n2)cc1C#N. The molecule has 1 aliphatic heterocycles. The van der Waals surface area contributed by atoms with Gasteiger partial charge in [0.1, 0.15) is 17.6 Å². The van der Waals surface area contributed by atoms with Crippen LogP contribution in [0.25, 0.3) is 11.4 Å². The summed E-state index contributed by atoms with van der Waals surface area (Å²) in [6.45, 7) is -0.0684. The highest BCUT2D eigenvalue weighted by Gasteiger charge is 2.33. The van der Waals surface area contributed by atoms with Crippen LogP contribution in [0, 0.1) is 17.1 Å². The molecule has 10 nitrogen and oxygen atoms in total. The highest BCUT2D eigenvalue weighted by Crippen LogP contribution is 2.42. The number of aryl methyl sites for hydroxylation is 1. The fourth-order valence-electron chi connectivity index (χ4n) is 5.12. The molecule has 4 aromatic rings. The molecule has 4 N–H and O–H groups in total. The average Bonchev–Trinajstić information content (AvgIpc) is 3.71. The van der Waals surface area contributed by atoms with Crippen LogP contribution in [-0.2, 0) is 20.1 Å². The molecule has 0 atom stereocenters. The Balaban J connectivity index is 1.36. The first-order valence-corrected chi connectivity index (χ1v) is 12.6. The second kappa shape index (κ2) is 9.49. The van der Waals surface area contributed by atoms with Gasteiger partial charge in [0.2, 0.25) is 11.9 Å². The summed E-state index contributed by atoms with van der Waals surface area (Å²) in [5.41, 5.74) is 10.1. The third kappa shape index (κ3) is 4.45. The highest BCUT2D eigenvalue weighted by atomic mass is 19.1. The van der Waals surface area contributed by atoms with E-state index < -0.39 is 18.3 Å². The summed E-state index contributed by atoms with van der Waals surface area (Å²) < 4.78 is 16.8. The first kappa shape index (κ1) is 24.5. The zero-order chi connectivity index (χ0) is 27.3. The van der Waals surface area contributed by atoms with Crippen molar-refractivity contribution >= 4 is 29.2 Å². The van der Waals surface area contributed by atoms with Gasteiger partial charge < -0.3 is 25.6 Å². The minimum Gasteiger partial charge on any atom is -0.392 e. The number of benzene rings is 2. The second-order valence-electron chi connectivity index (χ2n) is 9.78. The van der Waals surface area contributed by atoms with E-state index in [-0.39, 0.29) is 23.3 Å². The van der Waals surface area contributed by atoms with Gasteiger partial charge in [-0.25, -0.2) is 4.39 Å². The number of nitrogens with one attached hydrogen (secondary N) is 1. The lowest BCUT2D eigenvalue weighted by Crippen LogP contribution is -2.39. The smallest absolute Gasteiger partial charge is 0.261 e. The number of aromatic nitrogens is 4. The largest absolute Gasteiger partial charge is 0.392 e. The van der Waals surface area contributed by atoms with Crippen molar-refractivity contribution in [1.82, 2.24) is 19.5 Å². The number of anilines is 4. The van der Waals surface area contributed by atoms with Crippen LogP contribution in [0.15, 0.2) is 42.6 Å². The van der Waals surface area contributed by atoms with Crippen molar-refractivity contribution in [2.24, 2.45) is 7.05 Å². The number of amides is 1. The predicted molar refractivity (Wildman–Crippen MR) is 143 cm³/mol. The summed E-state index contributed by atoms with van der Waals surface area (Å²) in [6, 6.07) is 12.3. The number of carbonyl (C=O) groups excluding carboxylic acids is 1. The Labute approximate surface area is 223 Å². The molecule has 1 saturated carbocycles. The minimum atomic E-state index is -0.507. The number of hydrogen-bond donors (Lipinski definition) is 3. The third-order valence-electron chi connectivity index (χ3n) is 7.18. The van der Waals surface area contributed by atoms with Gasteiger partial charge in [0.05, 0.1) is 23.5 Å². The Morgan fingerprint density at radius 1 is 1.23 bits per heavy atom. The molecule has 0 saturated heterocycles. The number of halogens is 1. The summed E-state index contributed by atoms with van der Waals surface area (Å²) in [7, 11) is 1.74. The van der Waals surface area contributed by atoms with E-state index in [9.17, 15) is 15.2 Å². The molecule has 3 heterocycles. The van der Waals surface area contributed by atoms with Crippen molar-refractivity contribution in [3.63, 3.8) is 0 Å². The van der Waals surface area contributed by atoms with Crippen LogP contribution in [0.4, 0.5) is 27.7 Å². The molecule has 0 bridgehead atoms. The van der Waals surface area contributed by atoms with Gasteiger partial charge in [-0.1, -0.05) is 18.2 Å². The summed E-state index contributed by atoms with van der Waals surface area (Å²) >= 11 is 0. The normalized spacial score (nSPS) is 14.7. The van der Waals surface area contributed by atoms with E-state index in [4.69, 9.17) is 5.73 Å². The summed E-state index contributed by atoms with van der Waals surface area (Å²) in [4.78, 5) is 27.9. The first-order chi connectivity index (χ1) is 18.9. The van der Waals surface area contributed by atoms with Gasteiger partial charge >= 0.3 is 0 Å². The van der Waals surface area contributed by atoms with E-state index >= 15 is 4.39 Å². The van der Waals surface area contributed by atoms with Gasteiger partial charge in [0, 0.05) is 30.9 Å². The number of carbonyl (C=O) groups is 1. The predicted octanol–water partition coefficient (Wildman–Crippen LogP) is 3.79. The number of aliphatic hydroxyl groups is 1. The topological polar surface area (TPSA) is 146 Å². The van der Waals surface area contributed by atoms with Crippen LogP contribution >= 0.6 is 0 Å². The number of hydrogen-bond acceptors (Lipinski definition) is 8. The monoisotopic (exact) mass is 524 g/mol. The molecule has 2 aromatic carbocycles. The lowest BCUT2D eigenvalue weighted by Gasteiger charge is -2.31. The third-order valence-corrected chi connectivity index (χ3v) is 7.18. The average molecular weight is 525 g/mol. The van der Waals surface area contributed by atoms with Crippen LogP contribution in [0.3, 0.4) is 0 Å². The number of fused-ring (bicyclic) bond motifs is 1. The number of aliphatic hydroxyl groups excluding tert-OH is 1. The van der Waals surface area contributed by atoms with Gasteiger partial charge in [-0.15, -0.1) is 0 Å². The number of nitrogens with zero attached hydrogens (tertiary/aromatic N) is 6. The van der Waals surface area contributed by atoms with Crippen molar-refractivity contribution in [2.75, 3.05) is 22.5 Å². The maximum absolute atomic E-state index is 15.1. The molecular formula is C28H25FN8O2. The number of nitrogens with two attached hydrogens (primary N) is 1. The van der Waals surface area contributed by atoms with Crippen LogP contribution < -0.4 is 16.0 Å². The van der Waals surface area contributed by atoms with E-state index in [1.807, 2.05) is 6.07 Å². The lowest BCUT2D eigenvalue weighted by atomic mass is 9.93. The Morgan fingerprint density at radius 3 is 2.77 bits per heavy atom. The quantitative estimate of drug-likeness (QED) is 0.345. The maximum Gasteiger partial charge on any atom is 0.261 e. The second-order valence-corrected chi connectivity index (χ2v) is 9.78. The first-order valence-electron chi connectivity index (χ1n) is 12.6. The maximum atomic E-state index is 15.1. The van der Waals surface area contributed by atoms with Crippen LogP contribution in [0.5, 0.6) is 0 Å². The van der Waals surface area contributed by atoms with Gasteiger partial charge in [-0.2, -0.15) is 20.2 Å². The fourth-order valence-corrected chi connectivity index (χ4v) is 5.12. The van der Waals surface area contributed by atoms with E-state index in [2.05, 4.69) is 26.3 Å². The zero-order valence-electron chi connectivity index (χ0n) is 21.1. The number of nitriles is 1. The number of nitrogen functional groups attached to an aromatic ring is 1. The summed E-state index contributed by atoms with van der Waals surface area (Å²) in [6.07, 6.45) is 4.32. The molecule has 0 unspecified atom stereocenters. The van der Waals surface area contributed by atoms with Gasteiger partial charge in [0.25, 0.3) is 5.91 Å². The van der Waals surface area contributed by atoms with Crippen molar-refractivity contribution in [3.05, 3.63) is 76.4 Å². The Kier molecular flexibility index (Phi) is 5.96. The summed E-state index contributed by atoms with van der Waals surface area (Å²) in [5, 5.41) is 22.6. The molecule has 0 radical (unpaired) electrons. The van der Waals surface area contributed by atoms with Crippen LogP contribution in [-0.4, -0.2) is 37.1 Å². The van der Waals surface area contributed by atoms with Crippen LogP contribution in [0.2, 0.25) is 0 Å². The molecule has 196 valence electrons. The molecule has 6 rings (SSSR count). The molecule has 1 fully saturated rings. The molecule has 1 amide bonds. The van der Waals surface area contributed by atoms with E-state index in [0.717, 1.165) is 24.0 Å². The molecule has 1 aliphatic carbocycles. The molecule has 0 spiro atoms. The van der Waals surface area contributed by atoms with Crippen molar-refractivity contribution < 1.29 is 14.3 Å². The number of rotatable bonds is 6. The van der Waals surface area contributed by atoms with E-state index in [1.54, 1.807) is 42.1 Å². The lowest BCUT2D eigenvalue weighted by molar-refractivity contribution is 0.0976.